The van der Waals surface area contributed by atoms with Crippen LogP contribution in [0.1, 0.15) is 466 Å². The summed E-state index contributed by atoms with van der Waals surface area (Å²) in [4.78, 5) is 12.0. The van der Waals surface area contributed by atoms with Crippen LogP contribution in [0.4, 0.5) is 11.4 Å². The van der Waals surface area contributed by atoms with Gasteiger partial charge in [0.15, 0.2) is 0 Å². The van der Waals surface area contributed by atoms with Gasteiger partial charge >= 0.3 is 20.4 Å². The second kappa shape index (κ2) is 79.3. The van der Waals surface area contributed by atoms with Gasteiger partial charge in [-0.05, 0) is 345 Å². The Bertz CT molecular complexity index is 3070. The van der Waals surface area contributed by atoms with E-state index in [1.807, 2.05) is 6.92 Å². The predicted molar refractivity (Wildman–Crippen MR) is 506 cm³/mol. The largest absolute Gasteiger partial charge is 2.00 e. The summed E-state index contributed by atoms with van der Waals surface area (Å²) in [6.07, 6.45) is 117. The maximum absolute atomic E-state index is 11.4. The third-order valence-electron chi connectivity index (χ3n) is 22.6. The van der Waals surface area contributed by atoms with E-state index < -0.39 is 0 Å². The molecule has 3 aromatic carbocycles. The smallest absolute Gasteiger partial charge is 0.873 e. The first kappa shape index (κ1) is 107. The number of hydrogen-bond acceptors (Lipinski definition) is 4. The fourth-order valence-corrected chi connectivity index (χ4v) is 15.7. The van der Waals surface area contributed by atoms with Gasteiger partial charge in [-0.3, -0.25) is 9.98 Å². The minimum Gasteiger partial charge on any atom is -0.873 e. The van der Waals surface area contributed by atoms with Gasteiger partial charge < -0.3 is 10.2 Å². The van der Waals surface area contributed by atoms with Crippen molar-refractivity contribution in [2.75, 3.05) is 0 Å². The molecule has 4 nitrogen and oxygen atoms in total. The van der Waals surface area contributed by atoms with E-state index in [1.54, 1.807) is 45.0 Å². The van der Waals surface area contributed by atoms with Crippen molar-refractivity contribution < 1.29 is 30.6 Å². The van der Waals surface area contributed by atoms with Crippen LogP contribution in [0.2, 0.25) is 0 Å². The van der Waals surface area contributed by atoms with E-state index in [2.05, 4.69) is 185 Å². The molecule has 0 bridgehead atoms. The molecule has 0 radical (unpaired) electrons. The van der Waals surface area contributed by atoms with E-state index >= 15 is 0 Å². The van der Waals surface area contributed by atoms with Crippen LogP contribution in [0.5, 0.6) is 11.5 Å². The summed E-state index contributed by atoms with van der Waals surface area (Å²) in [7, 11) is 0. The number of unbranched alkanes of at least 4 members (excludes halogenated alkanes) is 33. The Morgan fingerprint density at radius 1 is 0.254 bits per heavy atom. The van der Waals surface area contributed by atoms with Crippen LogP contribution < -0.4 is 10.2 Å². The van der Waals surface area contributed by atoms with Gasteiger partial charge in [0, 0.05) is 6.21 Å². The van der Waals surface area contributed by atoms with Gasteiger partial charge in [0.05, 0.1) is 17.1 Å². The number of allylic oxidation sites excluding steroid dienone is 16. The van der Waals surface area contributed by atoms with E-state index in [4.69, 9.17) is 9.98 Å². The molecule has 0 unspecified atom stereocenters. The van der Waals surface area contributed by atoms with Crippen molar-refractivity contribution in [3.63, 3.8) is 0 Å². The molecular weight excluding hydrogens is 1480 g/mol. The zero-order chi connectivity index (χ0) is 81.8. The number of aryl methyl sites for hydroxylation is 3. The molecule has 0 aromatic heterocycles. The topological polar surface area (TPSA) is 70.8 Å². The molecule has 0 heterocycles. The Kier molecular flexibility index (Phi) is 74.6. The van der Waals surface area contributed by atoms with Crippen LogP contribution in [0.25, 0.3) is 0 Å². The quantitative estimate of drug-likeness (QED) is 0.0245. The Hall–Kier alpha value is -4.82. The Morgan fingerprint density at radius 3 is 0.807 bits per heavy atom. The van der Waals surface area contributed by atoms with E-state index in [0.29, 0.717) is 12.0 Å². The van der Waals surface area contributed by atoms with Crippen molar-refractivity contribution >= 4 is 23.3 Å². The third-order valence-corrected chi connectivity index (χ3v) is 22.6. The molecule has 0 amide bonds. The standard InChI is InChI=1S/C98H164N2.C11H16O2.Pd/c1-10-19-28-36-44-52-60-68-76-88-85-97(95(83-74-66-58-50-42-34-25-16-7)93(81-72-64-56-48-40-32-23-14-5)91(88)79-70-62-54-46-38-30-21-12-3)99-87-90(78-27-18-9)100-98-86-89(77-69-61-53-45-37-29-20-11-2)92(80-71-63-55-47-39-31-22-13-4)94(82-73-65-57-49-41-33-24-15-6)96(98)84-75-67-59-51-43-35-26-17-8;1-3-5-8-6-7-10(12)11(13)9(8)4-2;/h44-59,85-87H,10-43,60-84H2,1-9H3;6-7,12-13H,3-5H2,1-2H3;/q;;+2/p-2/b52-44+,53-45+,54-46+,55-47+,56-48+,57-49+,58-50+,59-51+,99-87?,100-90?;;. The van der Waals surface area contributed by atoms with Crippen molar-refractivity contribution in [2.45, 2.75) is 474 Å². The van der Waals surface area contributed by atoms with Gasteiger partial charge in [-0.25, -0.2) is 0 Å². The van der Waals surface area contributed by atoms with Gasteiger partial charge in [-0.2, -0.15) is 0 Å². The number of nitrogens with zero attached hydrogens (tertiary/aromatic N) is 2. The molecule has 5 heteroatoms. The van der Waals surface area contributed by atoms with E-state index in [-0.39, 0.29) is 31.9 Å². The first-order valence-corrected chi connectivity index (χ1v) is 48.8. The minimum absolute atomic E-state index is 0. The first-order chi connectivity index (χ1) is 55.7. The molecule has 0 spiro atoms. The average Bonchev–Trinajstić information content (AvgIpc) is 0.780. The van der Waals surface area contributed by atoms with E-state index in [9.17, 15) is 10.2 Å². The minimum atomic E-state index is -0.378. The second-order valence-electron chi connectivity index (χ2n) is 33.0. The Balaban J connectivity index is 0.00000419. The monoisotopic (exact) mass is 1650 g/mol. The second-order valence-corrected chi connectivity index (χ2v) is 33.0. The zero-order valence-electron chi connectivity index (χ0n) is 76.5. The first-order valence-electron chi connectivity index (χ1n) is 48.8. The summed E-state index contributed by atoms with van der Waals surface area (Å²) in [6.45, 7) is 24.9. The Morgan fingerprint density at radius 2 is 0.518 bits per heavy atom. The predicted octanol–water partition coefficient (Wildman–Crippen LogP) is 34.4. The molecule has 3 aromatic rings. The fraction of sp³-hybridized carbons (Fsp3) is 0.670. The molecule has 0 fully saturated rings. The number of hydrogen-bond donors (Lipinski definition) is 0. The molecule has 0 saturated carbocycles. The molecule has 3 rings (SSSR count). The third kappa shape index (κ3) is 53.6. The molecule has 114 heavy (non-hydrogen) atoms. The van der Waals surface area contributed by atoms with Crippen LogP contribution >= 0.6 is 0 Å². The molecule has 0 atom stereocenters. The van der Waals surface area contributed by atoms with Gasteiger partial charge in [0.1, 0.15) is 0 Å². The van der Waals surface area contributed by atoms with Gasteiger partial charge in [-0.15, -0.1) is 11.5 Å². The van der Waals surface area contributed by atoms with Gasteiger partial charge in [0.25, 0.3) is 0 Å². The average molecular weight is 1660 g/mol. The van der Waals surface area contributed by atoms with Crippen molar-refractivity contribution in [1.82, 2.24) is 0 Å². The summed E-state index contributed by atoms with van der Waals surface area (Å²) < 4.78 is 0. The maximum Gasteiger partial charge on any atom is 2.00 e. The number of rotatable bonds is 73. The molecule has 0 aliphatic heterocycles. The van der Waals surface area contributed by atoms with Crippen molar-refractivity contribution in [3.05, 3.63) is 177 Å². The van der Waals surface area contributed by atoms with Crippen LogP contribution in [-0.4, -0.2) is 11.9 Å². The molecule has 0 saturated heterocycles. The van der Waals surface area contributed by atoms with Crippen molar-refractivity contribution in [3.8, 4) is 11.5 Å². The summed E-state index contributed by atoms with van der Waals surface area (Å²) in [5.74, 6) is -0.690. The summed E-state index contributed by atoms with van der Waals surface area (Å²) >= 11 is 0. The maximum atomic E-state index is 11.4. The molecule has 0 aliphatic carbocycles. The summed E-state index contributed by atoms with van der Waals surface area (Å²) in [5, 5.41) is 22.4. The van der Waals surface area contributed by atoms with Crippen LogP contribution in [0.15, 0.2) is 131 Å². The number of aliphatic imine (C=N–C) groups is 2. The van der Waals surface area contributed by atoms with Gasteiger partial charge in [-0.1, -0.05) is 307 Å². The van der Waals surface area contributed by atoms with Crippen molar-refractivity contribution in [2.24, 2.45) is 9.98 Å². The fourth-order valence-electron chi connectivity index (χ4n) is 15.7. The van der Waals surface area contributed by atoms with Gasteiger partial charge in [0.2, 0.25) is 0 Å². The normalized spacial score (nSPS) is 12.3. The van der Waals surface area contributed by atoms with Crippen LogP contribution in [0, 0.1) is 0 Å². The Labute approximate surface area is 721 Å². The molecule has 0 N–H and O–H groups in total. The van der Waals surface area contributed by atoms with Crippen LogP contribution in [0.3, 0.4) is 0 Å². The SMILES string of the molecule is CCCCC/C=C/CCCc1cc(N=CC(CCCC)=Nc2cc(CCC/C=C/CCCCC)c(CCC/C=C/CCCCC)c(CCC/C=C/CCCCC)c2CCC/C=C/CCCCC)c(CCC/C=C/CCCCC)c(CCC/C=C/CCCCC)c1CCC/C=C/CCCCC.CCCc1ccc([O-])c([O-])c1CC.[Pd+2]. The molecule has 646 valence electrons. The van der Waals surface area contributed by atoms with Crippen molar-refractivity contribution in [1.29, 1.82) is 0 Å². The molecular formula is C109H178N2O2Pd. The van der Waals surface area contributed by atoms with E-state index in [1.165, 1.54) is 273 Å². The number of benzene rings is 3. The van der Waals surface area contributed by atoms with Crippen LogP contribution in [-0.2, 0) is 84.6 Å². The zero-order valence-corrected chi connectivity index (χ0v) is 78.0. The summed E-state index contributed by atoms with van der Waals surface area (Å²) in [5.41, 5.74) is 18.3. The summed E-state index contributed by atoms with van der Waals surface area (Å²) in [6, 6.07) is 8.44. The molecule has 0 aliphatic rings. The van der Waals surface area contributed by atoms with E-state index in [0.717, 1.165) is 153 Å².